The highest BCUT2D eigenvalue weighted by atomic mass is 79.9. The summed E-state index contributed by atoms with van der Waals surface area (Å²) < 4.78 is 11.2. The van der Waals surface area contributed by atoms with E-state index in [1.807, 2.05) is 109 Å². The number of nitro benzene ring substituents is 1. The van der Waals surface area contributed by atoms with E-state index in [2.05, 4.69) is 15.9 Å². The first-order valence-corrected chi connectivity index (χ1v) is 17.0. The van der Waals surface area contributed by atoms with Crippen LogP contribution in [0, 0.1) is 22.0 Å². The number of carbonyl (C=O) groups is 3. The second kappa shape index (κ2) is 11.9. The number of allylic oxidation sites excluding steroid dienone is 2. The van der Waals surface area contributed by atoms with E-state index in [4.69, 9.17) is 9.47 Å². The quantitative estimate of drug-likeness (QED) is 0.0916. The van der Waals surface area contributed by atoms with Crippen LogP contribution in [0.2, 0.25) is 0 Å². The number of non-ortho nitro benzene ring substituents is 1. The van der Waals surface area contributed by atoms with Gasteiger partial charge in [0.2, 0.25) is 11.8 Å². The lowest BCUT2D eigenvalue weighted by Crippen LogP contribution is -2.45. The number of methoxy groups -OCH3 is 2. The highest BCUT2D eigenvalue weighted by molar-refractivity contribution is 9.10. The highest BCUT2D eigenvalue weighted by Gasteiger charge is 2.82. The maximum absolute atomic E-state index is 16.1. The summed E-state index contributed by atoms with van der Waals surface area (Å²) in [7, 11) is 3.15. The Labute approximate surface area is 301 Å². The molecule has 4 atom stereocenters. The maximum Gasteiger partial charge on any atom is 0.270 e. The fourth-order valence-corrected chi connectivity index (χ4v) is 9.21. The Kier molecular flexibility index (Phi) is 7.53. The van der Waals surface area contributed by atoms with Crippen molar-refractivity contribution in [2.45, 2.75) is 10.8 Å². The number of benzene rings is 5. The van der Waals surface area contributed by atoms with E-state index in [0.29, 0.717) is 44.9 Å². The maximum atomic E-state index is 16.1. The summed E-state index contributed by atoms with van der Waals surface area (Å²) in [6.07, 6.45) is 0. The SMILES string of the molecule is COc1ccc(C2=C(c3ccc(OC)cc3)[C@@]3(c4ccccc4)C(=O)[C@@]2(c2ccccc2)[C@@H]2C(=O)N(c4ccc([N+](=O)[O-])cc4Br)C(=O)[C@@H]23)cc1. The molecular formula is C41H29BrN2O7. The van der Waals surface area contributed by atoms with Crippen molar-refractivity contribution in [3.8, 4) is 11.5 Å². The Morgan fingerprint density at radius 3 is 1.45 bits per heavy atom. The lowest BCUT2D eigenvalue weighted by atomic mass is 9.59. The van der Waals surface area contributed by atoms with Gasteiger partial charge in [-0.15, -0.1) is 0 Å². The molecule has 1 aliphatic heterocycles. The summed E-state index contributed by atoms with van der Waals surface area (Å²) in [6, 6.07) is 37.1. The number of imide groups is 1. The van der Waals surface area contributed by atoms with Crippen LogP contribution < -0.4 is 14.4 Å². The van der Waals surface area contributed by atoms with Crippen LogP contribution in [0.1, 0.15) is 22.3 Å². The first-order chi connectivity index (χ1) is 24.7. The number of ether oxygens (including phenoxy) is 2. The molecule has 0 aromatic heterocycles. The first-order valence-electron chi connectivity index (χ1n) is 16.2. The average molecular weight is 742 g/mol. The van der Waals surface area contributed by atoms with Gasteiger partial charge >= 0.3 is 0 Å². The average Bonchev–Trinajstić information content (AvgIpc) is 3.67. The van der Waals surface area contributed by atoms with Crippen molar-refractivity contribution >= 4 is 56.0 Å². The molecule has 1 saturated heterocycles. The molecule has 3 aliphatic rings. The Morgan fingerprint density at radius 2 is 1.08 bits per heavy atom. The minimum atomic E-state index is -1.61. The zero-order valence-electron chi connectivity index (χ0n) is 27.4. The van der Waals surface area contributed by atoms with Gasteiger partial charge in [0, 0.05) is 16.6 Å². The van der Waals surface area contributed by atoms with E-state index < -0.39 is 39.4 Å². The Balaban J connectivity index is 1.52. The van der Waals surface area contributed by atoms with Gasteiger partial charge in [-0.05, 0) is 79.7 Å². The van der Waals surface area contributed by atoms with Crippen LogP contribution >= 0.6 is 15.9 Å². The molecule has 51 heavy (non-hydrogen) atoms. The van der Waals surface area contributed by atoms with Gasteiger partial charge in [0.25, 0.3) is 5.69 Å². The molecule has 5 aromatic carbocycles. The number of hydrogen-bond acceptors (Lipinski definition) is 7. The van der Waals surface area contributed by atoms with Crippen LogP contribution in [0.15, 0.2) is 132 Å². The van der Waals surface area contributed by atoms with E-state index in [-0.39, 0.29) is 21.6 Å². The van der Waals surface area contributed by atoms with Gasteiger partial charge in [-0.25, -0.2) is 4.90 Å². The summed E-state index contributed by atoms with van der Waals surface area (Å²) in [5.41, 5.74) is 0.569. The topological polar surface area (TPSA) is 116 Å². The molecule has 0 unspecified atom stereocenters. The van der Waals surface area contributed by atoms with E-state index >= 15 is 14.4 Å². The van der Waals surface area contributed by atoms with Crippen LogP contribution in [0.3, 0.4) is 0 Å². The molecule has 0 spiro atoms. The number of carbonyl (C=O) groups excluding carboxylic acids is 3. The summed E-state index contributed by atoms with van der Waals surface area (Å²) >= 11 is 3.41. The third-order valence-corrected chi connectivity index (χ3v) is 11.2. The predicted molar refractivity (Wildman–Crippen MR) is 194 cm³/mol. The van der Waals surface area contributed by atoms with Crippen LogP contribution in [0.5, 0.6) is 11.5 Å². The van der Waals surface area contributed by atoms with Crippen molar-refractivity contribution in [3.63, 3.8) is 0 Å². The summed E-state index contributed by atoms with van der Waals surface area (Å²) in [4.78, 5) is 58.6. The van der Waals surface area contributed by atoms with Crippen LogP contribution in [0.25, 0.3) is 11.1 Å². The molecule has 2 aliphatic carbocycles. The standard InChI is InChI=1S/C41H29BrN2O7/c1-50-29-18-13-24(14-19-29)33-34(25-15-20-30(51-2)21-16-25)41(27-11-7-4-8-12-27)36-35(40(33,39(41)47)26-9-5-3-6-10-26)37(45)43(38(36)46)32-22-17-28(44(48)49)23-31(32)42/h3-23,35-36H,1-2H3/t35-,36+,40-,41-/m1/s1. The number of fused-ring (bicyclic) bond motifs is 5. The summed E-state index contributed by atoms with van der Waals surface area (Å²) in [5.74, 6) is -2.45. The highest BCUT2D eigenvalue weighted by Crippen LogP contribution is 2.74. The number of nitro groups is 1. The molecule has 252 valence electrons. The minimum absolute atomic E-state index is 0.167. The monoisotopic (exact) mass is 740 g/mol. The fourth-order valence-electron chi connectivity index (χ4n) is 8.67. The number of hydrogen-bond donors (Lipinski definition) is 0. The number of Topliss-reactive ketones (excluding diaryl/α,β-unsaturated/α-hetero) is 1. The molecule has 0 N–H and O–H groups in total. The van der Waals surface area contributed by atoms with Gasteiger partial charge in [0.15, 0.2) is 5.78 Å². The van der Waals surface area contributed by atoms with Crippen molar-refractivity contribution in [3.05, 3.63) is 164 Å². The molecule has 2 bridgehead atoms. The summed E-state index contributed by atoms with van der Waals surface area (Å²) in [5, 5.41) is 11.6. The number of rotatable bonds is 8. The molecule has 0 radical (unpaired) electrons. The predicted octanol–water partition coefficient (Wildman–Crippen LogP) is 7.56. The van der Waals surface area contributed by atoms with Gasteiger partial charge in [-0.3, -0.25) is 24.5 Å². The first kappa shape index (κ1) is 32.3. The van der Waals surface area contributed by atoms with E-state index in [1.54, 1.807) is 14.2 Å². The van der Waals surface area contributed by atoms with Crippen molar-refractivity contribution in [2.75, 3.05) is 19.1 Å². The fraction of sp³-hybridized carbons (Fsp3) is 0.146. The number of halogens is 1. The zero-order valence-corrected chi connectivity index (χ0v) is 29.0. The molecule has 1 heterocycles. The third kappa shape index (κ3) is 4.29. The van der Waals surface area contributed by atoms with Gasteiger partial charge in [0.1, 0.15) is 11.5 Å². The molecule has 8 rings (SSSR count). The molecular weight excluding hydrogens is 712 g/mol. The Hall–Kier alpha value is -5.87. The van der Waals surface area contributed by atoms with Crippen LogP contribution in [-0.2, 0) is 25.2 Å². The molecule has 9 nitrogen and oxygen atoms in total. The Morgan fingerprint density at radius 1 is 0.647 bits per heavy atom. The lowest BCUT2D eigenvalue weighted by Gasteiger charge is -2.39. The molecule has 2 fully saturated rings. The van der Waals surface area contributed by atoms with Gasteiger partial charge < -0.3 is 9.47 Å². The smallest absolute Gasteiger partial charge is 0.270 e. The molecule has 1 saturated carbocycles. The normalized spacial score (nSPS) is 23.5. The molecule has 5 aromatic rings. The van der Waals surface area contributed by atoms with E-state index in [1.165, 1.54) is 18.2 Å². The van der Waals surface area contributed by atoms with Crippen molar-refractivity contribution < 1.29 is 28.8 Å². The van der Waals surface area contributed by atoms with Crippen molar-refractivity contribution in [1.29, 1.82) is 0 Å². The Bertz CT molecular complexity index is 2160. The zero-order chi connectivity index (χ0) is 35.7. The second-order valence-corrected chi connectivity index (χ2v) is 13.6. The lowest BCUT2D eigenvalue weighted by molar-refractivity contribution is -0.384. The number of amides is 2. The number of anilines is 1. The van der Waals surface area contributed by atoms with Gasteiger partial charge in [-0.2, -0.15) is 0 Å². The number of nitrogens with zero attached hydrogens (tertiary/aromatic N) is 2. The van der Waals surface area contributed by atoms with E-state index in [9.17, 15) is 10.1 Å². The molecule has 2 amide bonds. The number of ketones is 1. The molecule has 10 heteroatoms. The van der Waals surface area contributed by atoms with Crippen LogP contribution in [0.4, 0.5) is 11.4 Å². The van der Waals surface area contributed by atoms with Gasteiger partial charge in [0.05, 0.1) is 47.5 Å². The van der Waals surface area contributed by atoms with E-state index in [0.717, 1.165) is 4.90 Å². The second-order valence-electron chi connectivity index (χ2n) is 12.7. The third-order valence-electron chi connectivity index (χ3n) is 10.6. The van der Waals surface area contributed by atoms with Crippen molar-refractivity contribution in [1.82, 2.24) is 0 Å². The van der Waals surface area contributed by atoms with Crippen molar-refractivity contribution in [2.24, 2.45) is 11.8 Å². The van der Waals surface area contributed by atoms with Gasteiger partial charge in [-0.1, -0.05) is 84.9 Å². The largest absolute Gasteiger partial charge is 0.497 e. The van der Waals surface area contributed by atoms with Crippen LogP contribution in [-0.4, -0.2) is 36.7 Å². The summed E-state index contributed by atoms with van der Waals surface area (Å²) in [6.45, 7) is 0. The minimum Gasteiger partial charge on any atom is -0.497 e.